The van der Waals surface area contributed by atoms with E-state index in [9.17, 15) is 34.5 Å². The minimum atomic E-state index is -1.61. The van der Waals surface area contributed by atoms with Crippen molar-refractivity contribution in [2.24, 2.45) is 11.7 Å². The third-order valence-electron chi connectivity index (χ3n) is 4.84. The lowest BCUT2D eigenvalue weighted by Crippen LogP contribution is -2.60. The second kappa shape index (κ2) is 12.7. The molecule has 0 aromatic heterocycles. The van der Waals surface area contributed by atoms with Crippen LogP contribution in [0.1, 0.15) is 26.3 Å². The van der Waals surface area contributed by atoms with Crippen LogP contribution < -0.4 is 21.7 Å². The van der Waals surface area contributed by atoms with Crippen LogP contribution in [0.4, 0.5) is 0 Å². The number of hydrogen-bond donors (Lipinski definition) is 8. The topological polar surface area (TPSA) is 211 Å². The van der Waals surface area contributed by atoms with Crippen molar-refractivity contribution in [3.8, 4) is 5.75 Å². The highest BCUT2D eigenvalue weighted by molar-refractivity contribution is 5.94. The number of carboxylic acid groups (broad SMARTS) is 1. The summed E-state index contributed by atoms with van der Waals surface area (Å²) >= 11 is 0. The van der Waals surface area contributed by atoms with Crippen LogP contribution in [0, 0.1) is 5.92 Å². The van der Waals surface area contributed by atoms with Gasteiger partial charge in [0.2, 0.25) is 17.7 Å². The third kappa shape index (κ3) is 8.67. The summed E-state index contributed by atoms with van der Waals surface area (Å²) in [5.74, 6) is -4.24. The highest BCUT2D eigenvalue weighted by Gasteiger charge is 2.33. The number of amides is 3. The lowest BCUT2D eigenvalue weighted by Gasteiger charge is -2.27. The molecule has 12 heteroatoms. The Morgan fingerprint density at radius 1 is 0.909 bits per heavy atom. The molecule has 0 aliphatic carbocycles. The van der Waals surface area contributed by atoms with Crippen molar-refractivity contribution < 1.29 is 39.6 Å². The zero-order valence-electron chi connectivity index (χ0n) is 18.7. The van der Waals surface area contributed by atoms with Gasteiger partial charge in [-0.1, -0.05) is 26.0 Å². The SMILES string of the molecule is CC(C)C(NC(=O)C(N)CO)C(=O)NC(Cc1ccc(O)cc1)C(=O)NC(C(=O)O)C(C)O. The van der Waals surface area contributed by atoms with E-state index in [1.807, 2.05) is 0 Å². The van der Waals surface area contributed by atoms with E-state index in [0.717, 1.165) is 0 Å². The Morgan fingerprint density at radius 2 is 1.45 bits per heavy atom. The second-order valence-electron chi connectivity index (χ2n) is 8.02. The Morgan fingerprint density at radius 3 is 1.91 bits per heavy atom. The molecule has 0 aliphatic rings. The molecule has 1 aromatic rings. The quantitative estimate of drug-likeness (QED) is 0.167. The normalized spacial score (nSPS) is 15.6. The van der Waals surface area contributed by atoms with Crippen molar-refractivity contribution in [2.75, 3.05) is 6.61 Å². The molecule has 0 bridgehead atoms. The monoisotopic (exact) mass is 468 g/mol. The molecule has 5 atom stereocenters. The van der Waals surface area contributed by atoms with E-state index < -0.39 is 66.5 Å². The predicted molar refractivity (Wildman–Crippen MR) is 117 cm³/mol. The molecule has 0 saturated heterocycles. The van der Waals surface area contributed by atoms with Crippen molar-refractivity contribution in [3.63, 3.8) is 0 Å². The van der Waals surface area contributed by atoms with Gasteiger partial charge in [0.15, 0.2) is 6.04 Å². The molecule has 9 N–H and O–H groups in total. The number of aliphatic carboxylic acids is 1. The number of nitrogens with one attached hydrogen (secondary N) is 3. The number of phenolic OH excluding ortho intramolecular Hbond substituents is 1. The minimum Gasteiger partial charge on any atom is -0.508 e. The summed E-state index contributed by atoms with van der Waals surface area (Å²) in [7, 11) is 0. The smallest absolute Gasteiger partial charge is 0.328 e. The summed E-state index contributed by atoms with van der Waals surface area (Å²) in [4.78, 5) is 49.2. The lowest BCUT2D eigenvalue weighted by molar-refractivity contribution is -0.145. The Balaban J connectivity index is 3.13. The first-order chi connectivity index (χ1) is 15.4. The number of hydrogen-bond acceptors (Lipinski definition) is 8. The molecule has 0 fully saturated rings. The number of nitrogens with two attached hydrogens (primary N) is 1. The average Bonchev–Trinajstić information content (AvgIpc) is 2.74. The van der Waals surface area contributed by atoms with Gasteiger partial charge in [0, 0.05) is 6.42 Å². The van der Waals surface area contributed by atoms with Crippen molar-refractivity contribution in [3.05, 3.63) is 29.8 Å². The molecular formula is C21H32N4O8. The minimum absolute atomic E-state index is 0.00774. The molecule has 1 aromatic carbocycles. The van der Waals surface area contributed by atoms with E-state index >= 15 is 0 Å². The number of benzene rings is 1. The number of carboxylic acids is 1. The zero-order chi connectivity index (χ0) is 25.3. The number of phenols is 1. The van der Waals surface area contributed by atoms with Crippen molar-refractivity contribution in [1.29, 1.82) is 0 Å². The predicted octanol–water partition coefficient (Wildman–Crippen LogP) is -2.17. The number of carbonyl (C=O) groups excluding carboxylic acids is 3. The molecule has 0 heterocycles. The maximum atomic E-state index is 12.9. The van der Waals surface area contributed by atoms with Crippen molar-refractivity contribution >= 4 is 23.7 Å². The fourth-order valence-electron chi connectivity index (χ4n) is 2.86. The largest absolute Gasteiger partial charge is 0.508 e. The van der Waals surface area contributed by atoms with Gasteiger partial charge in [-0.3, -0.25) is 14.4 Å². The van der Waals surface area contributed by atoms with Crippen LogP contribution >= 0.6 is 0 Å². The number of aliphatic hydroxyl groups is 2. The number of aliphatic hydroxyl groups excluding tert-OH is 2. The first-order valence-electron chi connectivity index (χ1n) is 10.3. The number of rotatable bonds is 12. The summed E-state index contributed by atoms with van der Waals surface area (Å²) in [6.45, 7) is 3.87. The average molecular weight is 469 g/mol. The summed E-state index contributed by atoms with van der Waals surface area (Å²) in [5, 5.41) is 44.5. The van der Waals surface area contributed by atoms with Gasteiger partial charge in [-0.05, 0) is 30.5 Å². The summed E-state index contributed by atoms with van der Waals surface area (Å²) in [6, 6.07) is 0.590. The summed E-state index contributed by atoms with van der Waals surface area (Å²) in [5.41, 5.74) is 6.03. The lowest BCUT2D eigenvalue weighted by atomic mass is 10.00. The maximum absolute atomic E-state index is 12.9. The molecule has 0 aliphatic heterocycles. The third-order valence-corrected chi connectivity index (χ3v) is 4.84. The van der Waals surface area contributed by atoms with E-state index in [1.165, 1.54) is 31.2 Å². The van der Waals surface area contributed by atoms with E-state index in [-0.39, 0.29) is 12.2 Å². The molecule has 33 heavy (non-hydrogen) atoms. The molecule has 184 valence electrons. The first-order valence-corrected chi connectivity index (χ1v) is 10.3. The summed E-state index contributed by atoms with van der Waals surface area (Å²) in [6.07, 6.45) is -1.47. The molecule has 0 saturated carbocycles. The van der Waals surface area contributed by atoms with Gasteiger partial charge in [0.05, 0.1) is 12.7 Å². The molecule has 1 rings (SSSR count). The number of carbonyl (C=O) groups is 4. The van der Waals surface area contributed by atoms with E-state index in [4.69, 9.17) is 10.8 Å². The van der Waals surface area contributed by atoms with Gasteiger partial charge in [-0.2, -0.15) is 0 Å². The maximum Gasteiger partial charge on any atom is 0.328 e. The fourth-order valence-corrected chi connectivity index (χ4v) is 2.86. The van der Waals surface area contributed by atoms with E-state index in [0.29, 0.717) is 5.56 Å². The van der Waals surface area contributed by atoms with Crippen LogP contribution in [0.25, 0.3) is 0 Å². The van der Waals surface area contributed by atoms with Crippen LogP contribution in [0.2, 0.25) is 0 Å². The summed E-state index contributed by atoms with van der Waals surface area (Å²) < 4.78 is 0. The molecular weight excluding hydrogens is 436 g/mol. The van der Waals surface area contributed by atoms with Gasteiger partial charge < -0.3 is 42.1 Å². The molecule has 3 amide bonds. The first kappa shape index (κ1) is 27.8. The van der Waals surface area contributed by atoms with Gasteiger partial charge in [0.1, 0.15) is 23.9 Å². The van der Waals surface area contributed by atoms with Crippen LogP contribution in [-0.4, -0.2) is 81.0 Å². The van der Waals surface area contributed by atoms with Crippen LogP contribution in [0.3, 0.4) is 0 Å². The van der Waals surface area contributed by atoms with Crippen LogP contribution in [-0.2, 0) is 25.6 Å². The molecule has 0 radical (unpaired) electrons. The Hall–Kier alpha value is -3.22. The van der Waals surface area contributed by atoms with E-state index in [2.05, 4.69) is 16.0 Å². The van der Waals surface area contributed by atoms with Crippen LogP contribution in [0.15, 0.2) is 24.3 Å². The van der Waals surface area contributed by atoms with Crippen LogP contribution in [0.5, 0.6) is 5.75 Å². The zero-order valence-corrected chi connectivity index (χ0v) is 18.7. The fraction of sp³-hybridized carbons (Fsp3) is 0.524. The molecule has 12 nitrogen and oxygen atoms in total. The van der Waals surface area contributed by atoms with Gasteiger partial charge in [-0.15, -0.1) is 0 Å². The number of aromatic hydroxyl groups is 1. The van der Waals surface area contributed by atoms with Crippen molar-refractivity contribution in [1.82, 2.24) is 16.0 Å². The highest BCUT2D eigenvalue weighted by atomic mass is 16.4. The van der Waals surface area contributed by atoms with Gasteiger partial charge >= 0.3 is 5.97 Å². The molecule has 5 unspecified atom stereocenters. The van der Waals surface area contributed by atoms with E-state index in [1.54, 1.807) is 13.8 Å². The second-order valence-corrected chi connectivity index (χ2v) is 8.02. The Bertz CT molecular complexity index is 828. The standard InChI is InChI=1S/C21H32N4O8/c1-10(2)16(24-18(29)14(22)9-26)20(31)23-15(8-12-4-6-13(28)7-5-12)19(30)25-17(11(3)27)21(32)33/h4-7,10-11,14-17,26-28H,8-9,22H2,1-3H3,(H,23,31)(H,24,29)(H,25,30)(H,32,33). The van der Waals surface area contributed by atoms with Gasteiger partial charge in [-0.25, -0.2) is 4.79 Å². The van der Waals surface area contributed by atoms with Gasteiger partial charge in [0.25, 0.3) is 0 Å². The van der Waals surface area contributed by atoms with Crippen molar-refractivity contribution in [2.45, 2.75) is 57.5 Å². The highest BCUT2D eigenvalue weighted by Crippen LogP contribution is 2.12. The Kier molecular flexibility index (Phi) is 10.7. The Labute approximate surface area is 191 Å². The molecule has 0 spiro atoms.